The Labute approximate surface area is 93.3 Å². The van der Waals surface area contributed by atoms with Crippen molar-refractivity contribution in [1.82, 2.24) is 15.0 Å². The molecule has 2 aromatic rings. The second-order valence-electron chi connectivity index (χ2n) is 3.17. The highest BCUT2D eigenvalue weighted by Crippen LogP contribution is 2.24. The van der Waals surface area contributed by atoms with Crippen LogP contribution in [-0.4, -0.2) is 22.1 Å². The van der Waals surface area contributed by atoms with Crippen LogP contribution < -0.4 is 10.5 Å². The quantitative estimate of drug-likeness (QED) is 0.828. The Bertz CT molecular complexity index is 473. The molecule has 0 aliphatic rings. The van der Waals surface area contributed by atoms with Crippen molar-refractivity contribution in [3.63, 3.8) is 0 Å². The number of aromatic nitrogens is 3. The van der Waals surface area contributed by atoms with E-state index in [4.69, 9.17) is 10.5 Å². The number of methoxy groups -OCH3 is 1. The largest absolute Gasteiger partial charge is 0.479 e. The third kappa shape index (κ3) is 1.99. The Morgan fingerprint density at radius 2 is 2.25 bits per heavy atom. The second-order valence-corrected chi connectivity index (χ2v) is 3.17. The predicted molar refractivity (Wildman–Crippen MR) is 59.7 cm³/mol. The van der Waals surface area contributed by atoms with E-state index in [1.165, 1.54) is 0 Å². The van der Waals surface area contributed by atoms with Gasteiger partial charge in [0.25, 0.3) is 0 Å². The van der Waals surface area contributed by atoms with Crippen molar-refractivity contribution in [2.24, 2.45) is 5.73 Å². The minimum atomic E-state index is 0.351. The normalized spacial score (nSPS) is 10.1. The van der Waals surface area contributed by atoms with E-state index < -0.39 is 0 Å². The maximum absolute atomic E-state index is 5.53. The third-order valence-electron chi connectivity index (χ3n) is 2.13. The zero-order valence-corrected chi connectivity index (χ0v) is 8.92. The van der Waals surface area contributed by atoms with Gasteiger partial charge in [-0.25, -0.2) is 9.97 Å². The number of hydrogen-bond donors (Lipinski definition) is 1. The van der Waals surface area contributed by atoms with Crippen molar-refractivity contribution < 1.29 is 4.74 Å². The molecular weight excluding hydrogens is 204 g/mol. The van der Waals surface area contributed by atoms with Crippen molar-refractivity contribution in [2.75, 3.05) is 7.11 Å². The maximum atomic E-state index is 5.53. The molecule has 0 fully saturated rings. The molecule has 2 rings (SSSR count). The van der Waals surface area contributed by atoms with E-state index in [1.54, 1.807) is 25.7 Å². The minimum Gasteiger partial charge on any atom is -0.479 e. The molecule has 0 saturated carbocycles. The fourth-order valence-electron chi connectivity index (χ4n) is 1.35. The summed E-state index contributed by atoms with van der Waals surface area (Å²) in [6, 6.07) is 3.74. The van der Waals surface area contributed by atoms with Crippen molar-refractivity contribution in [3.8, 4) is 17.1 Å². The molecule has 16 heavy (non-hydrogen) atoms. The molecule has 82 valence electrons. The van der Waals surface area contributed by atoms with Crippen molar-refractivity contribution in [3.05, 3.63) is 36.4 Å². The van der Waals surface area contributed by atoms with Crippen LogP contribution >= 0.6 is 0 Å². The first-order valence-electron chi connectivity index (χ1n) is 4.85. The average Bonchev–Trinajstić information content (AvgIpc) is 2.39. The lowest BCUT2D eigenvalue weighted by Gasteiger charge is -2.07. The standard InChI is InChI=1S/C11H12N4O/c1-16-11-10(8-3-2-4-13-6-8)15-9(5-12)7-14-11/h2-4,6-7H,5,12H2,1H3. The Kier molecular flexibility index (Phi) is 3.07. The molecule has 0 saturated heterocycles. The number of nitrogens with zero attached hydrogens (tertiary/aromatic N) is 3. The molecule has 0 aliphatic carbocycles. The van der Waals surface area contributed by atoms with Crippen LogP contribution in [0.5, 0.6) is 5.88 Å². The number of rotatable bonds is 3. The van der Waals surface area contributed by atoms with Crippen LogP contribution in [0.1, 0.15) is 5.69 Å². The van der Waals surface area contributed by atoms with Crippen LogP contribution in [0.4, 0.5) is 0 Å². The predicted octanol–water partition coefficient (Wildman–Crippen LogP) is 1.01. The molecule has 0 aromatic carbocycles. The van der Waals surface area contributed by atoms with Gasteiger partial charge in [-0.05, 0) is 12.1 Å². The Morgan fingerprint density at radius 1 is 1.38 bits per heavy atom. The Balaban J connectivity index is 2.53. The van der Waals surface area contributed by atoms with E-state index in [0.29, 0.717) is 18.1 Å². The number of ether oxygens (including phenoxy) is 1. The molecule has 0 spiro atoms. The lowest BCUT2D eigenvalue weighted by molar-refractivity contribution is 0.397. The fourth-order valence-corrected chi connectivity index (χ4v) is 1.35. The van der Waals surface area contributed by atoms with E-state index in [2.05, 4.69) is 15.0 Å². The molecule has 0 aliphatic heterocycles. The van der Waals surface area contributed by atoms with Crippen LogP contribution in [0.15, 0.2) is 30.7 Å². The van der Waals surface area contributed by atoms with Gasteiger partial charge in [0.15, 0.2) is 0 Å². The van der Waals surface area contributed by atoms with Crippen molar-refractivity contribution >= 4 is 0 Å². The number of nitrogens with two attached hydrogens (primary N) is 1. The summed E-state index contributed by atoms with van der Waals surface area (Å²) in [4.78, 5) is 12.6. The Morgan fingerprint density at radius 3 is 2.88 bits per heavy atom. The number of pyridine rings is 1. The summed E-state index contributed by atoms with van der Waals surface area (Å²) in [5, 5.41) is 0. The summed E-state index contributed by atoms with van der Waals surface area (Å²) < 4.78 is 5.16. The van der Waals surface area contributed by atoms with Gasteiger partial charge in [0.05, 0.1) is 19.0 Å². The summed E-state index contributed by atoms with van der Waals surface area (Å²) in [5.74, 6) is 0.477. The van der Waals surface area contributed by atoms with Crippen LogP contribution in [0.25, 0.3) is 11.3 Å². The molecule has 2 N–H and O–H groups in total. The maximum Gasteiger partial charge on any atom is 0.240 e. The highest BCUT2D eigenvalue weighted by molar-refractivity contribution is 5.63. The topological polar surface area (TPSA) is 73.9 Å². The number of hydrogen-bond acceptors (Lipinski definition) is 5. The van der Waals surface area contributed by atoms with Crippen LogP contribution in [0.2, 0.25) is 0 Å². The van der Waals surface area contributed by atoms with Crippen LogP contribution in [0, 0.1) is 0 Å². The SMILES string of the molecule is COc1ncc(CN)nc1-c1cccnc1. The highest BCUT2D eigenvalue weighted by Gasteiger charge is 2.09. The van der Waals surface area contributed by atoms with E-state index >= 15 is 0 Å². The smallest absolute Gasteiger partial charge is 0.240 e. The third-order valence-corrected chi connectivity index (χ3v) is 2.13. The lowest BCUT2D eigenvalue weighted by Crippen LogP contribution is -2.03. The Hall–Kier alpha value is -2.01. The zero-order chi connectivity index (χ0) is 11.4. The monoisotopic (exact) mass is 216 g/mol. The molecular formula is C11H12N4O. The molecule has 0 radical (unpaired) electrons. The van der Waals surface area contributed by atoms with E-state index in [1.807, 2.05) is 12.1 Å². The second kappa shape index (κ2) is 4.67. The zero-order valence-electron chi connectivity index (χ0n) is 8.92. The van der Waals surface area contributed by atoms with E-state index in [9.17, 15) is 0 Å². The molecule has 5 nitrogen and oxygen atoms in total. The van der Waals surface area contributed by atoms with Crippen LogP contribution in [0.3, 0.4) is 0 Å². The molecule has 0 amide bonds. The summed E-state index contributed by atoms with van der Waals surface area (Å²) in [7, 11) is 1.56. The van der Waals surface area contributed by atoms with Crippen LogP contribution in [-0.2, 0) is 6.54 Å². The summed E-state index contributed by atoms with van der Waals surface area (Å²) in [6.07, 6.45) is 5.03. The van der Waals surface area contributed by atoms with Gasteiger partial charge in [0.2, 0.25) is 5.88 Å². The van der Waals surface area contributed by atoms with E-state index in [-0.39, 0.29) is 0 Å². The van der Waals surface area contributed by atoms with Gasteiger partial charge in [-0.15, -0.1) is 0 Å². The summed E-state index contributed by atoms with van der Waals surface area (Å²) in [6.45, 7) is 0.351. The average molecular weight is 216 g/mol. The summed E-state index contributed by atoms with van der Waals surface area (Å²) >= 11 is 0. The van der Waals surface area contributed by atoms with Gasteiger partial charge in [-0.1, -0.05) is 0 Å². The van der Waals surface area contributed by atoms with Crippen molar-refractivity contribution in [1.29, 1.82) is 0 Å². The molecule has 0 bridgehead atoms. The molecule has 5 heteroatoms. The van der Waals surface area contributed by atoms with E-state index in [0.717, 1.165) is 11.3 Å². The minimum absolute atomic E-state index is 0.351. The lowest BCUT2D eigenvalue weighted by atomic mass is 10.2. The first kappa shape index (κ1) is 10.5. The molecule has 0 unspecified atom stereocenters. The fraction of sp³-hybridized carbons (Fsp3) is 0.182. The summed E-state index contributed by atoms with van der Waals surface area (Å²) in [5.41, 5.74) is 7.78. The van der Waals surface area contributed by atoms with Gasteiger partial charge in [-0.2, -0.15) is 0 Å². The highest BCUT2D eigenvalue weighted by atomic mass is 16.5. The van der Waals surface area contributed by atoms with Gasteiger partial charge < -0.3 is 10.5 Å². The first-order valence-corrected chi connectivity index (χ1v) is 4.85. The first-order chi connectivity index (χ1) is 7.85. The molecule has 2 aromatic heterocycles. The van der Waals surface area contributed by atoms with Gasteiger partial charge in [-0.3, -0.25) is 4.98 Å². The van der Waals surface area contributed by atoms with Gasteiger partial charge >= 0.3 is 0 Å². The molecule has 0 atom stereocenters. The van der Waals surface area contributed by atoms with Crippen molar-refractivity contribution in [2.45, 2.75) is 6.54 Å². The van der Waals surface area contributed by atoms with Gasteiger partial charge in [0.1, 0.15) is 5.69 Å². The van der Waals surface area contributed by atoms with Gasteiger partial charge in [0, 0.05) is 24.5 Å². The molecule has 2 heterocycles.